The maximum absolute atomic E-state index is 13.2. The van der Waals surface area contributed by atoms with Crippen LogP contribution in [0.1, 0.15) is 61.4 Å². The molecule has 4 heterocycles. The number of likely N-dealkylation sites (tertiary alicyclic amines) is 1. The highest BCUT2D eigenvalue weighted by atomic mass is 16.2. The second-order valence-corrected chi connectivity index (χ2v) is 6.75. The van der Waals surface area contributed by atoms with Crippen molar-refractivity contribution in [2.75, 3.05) is 6.54 Å². The number of amides is 1. The molecule has 1 saturated heterocycles. The first-order chi connectivity index (χ1) is 12.1. The second kappa shape index (κ2) is 6.31. The molecule has 0 aliphatic carbocycles. The first-order valence-electron chi connectivity index (χ1n) is 8.80. The molecule has 0 saturated carbocycles. The molecule has 1 aliphatic rings. The molecule has 3 aromatic rings. The van der Waals surface area contributed by atoms with Crippen molar-refractivity contribution in [1.82, 2.24) is 29.3 Å². The van der Waals surface area contributed by atoms with Crippen molar-refractivity contribution in [3.8, 4) is 0 Å². The summed E-state index contributed by atoms with van der Waals surface area (Å²) in [4.78, 5) is 19.9. The standard InChI is InChI=1S/C18H22N6O/c1-13(2)24-16(6-9-20-24)18(25)22-11-4-3-5-15(22)14-8-12-23-17(21-14)7-10-19-23/h6-10,12-13,15H,3-5,11H2,1-2H3/t15-/m0/s1. The predicted octanol–water partition coefficient (Wildman–Crippen LogP) is 2.87. The van der Waals surface area contributed by atoms with Crippen LogP contribution in [0.25, 0.3) is 5.65 Å². The largest absolute Gasteiger partial charge is 0.329 e. The fourth-order valence-corrected chi connectivity index (χ4v) is 3.54. The van der Waals surface area contributed by atoms with Gasteiger partial charge in [-0.1, -0.05) is 0 Å². The van der Waals surface area contributed by atoms with Crippen LogP contribution in [-0.2, 0) is 0 Å². The molecular weight excluding hydrogens is 316 g/mol. The third-order valence-electron chi connectivity index (χ3n) is 4.76. The fourth-order valence-electron chi connectivity index (χ4n) is 3.54. The van der Waals surface area contributed by atoms with Crippen molar-refractivity contribution < 1.29 is 4.79 Å². The molecule has 0 N–H and O–H groups in total. The Balaban J connectivity index is 1.68. The van der Waals surface area contributed by atoms with Gasteiger partial charge in [-0.2, -0.15) is 10.2 Å². The summed E-state index contributed by atoms with van der Waals surface area (Å²) in [5.74, 6) is 0.0334. The highest BCUT2D eigenvalue weighted by Gasteiger charge is 2.31. The van der Waals surface area contributed by atoms with Gasteiger partial charge in [-0.3, -0.25) is 9.48 Å². The molecular formula is C18H22N6O. The Kier molecular flexibility index (Phi) is 3.99. The highest BCUT2D eigenvalue weighted by Crippen LogP contribution is 2.31. The Morgan fingerprint density at radius 1 is 1.16 bits per heavy atom. The third-order valence-corrected chi connectivity index (χ3v) is 4.76. The van der Waals surface area contributed by atoms with E-state index in [1.54, 1.807) is 21.6 Å². The second-order valence-electron chi connectivity index (χ2n) is 6.75. The number of nitrogens with zero attached hydrogens (tertiary/aromatic N) is 6. The molecule has 1 atom stereocenters. The highest BCUT2D eigenvalue weighted by molar-refractivity contribution is 5.93. The van der Waals surface area contributed by atoms with Gasteiger partial charge in [0.15, 0.2) is 5.65 Å². The van der Waals surface area contributed by atoms with Gasteiger partial charge >= 0.3 is 0 Å². The smallest absolute Gasteiger partial charge is 0.272 e. The lowest BCUT2D eigenvalue weighted by Crippen LogP contribution is -2.40. The van der Waals surface area contributed by atoms with Gasteiger partial charge in [0.25, 0.3) is 5.91 Å². The van der Waals surface area contributed by atoms with E-state index < -0.39 is 0 Å². The summed E-state index contributed by atoms with van der Waals surface area (Å²) < 4.78 is 3.54. The van der Waals surface area contributed by atoms with E-state index in [4.69, 9.17) is 4.98 Å². The van der Waals surface area contributed by atoms with Crippen LogP contribution < -0.4 is 0 Å². The zero-order valence-electron chi connectivity index (χ0n) is 14.5. The summed E-state index contributed by atoms with van der Waals surface area (Å²) in [6.07, 6.45) is 8.39. The van der Waals surface area contributed by atoms with Crippen LogP contribution >= 0.6 is 0 Å². The molecule has 1 amide bonds. The van der Waals surface area contributed by atoms with Crippen LogP contribution in [-0.4, -0.2) is 41.7 Å². The zero-order valence-corrected chi connectivity index (χ0v) is 14.5. The van der Waals surface area contributed by atoms with E-state index in [1.165, 1.54) is 0 Å². The van der Waals surface area contributed by atoms with Crippen LogP contribution in [0.4, 0.5) is 0 Å². The average molecular weight is 338 g/mol. The molecule has 0 aromatic carbocycles. The van der Waals surface area contributed by atoms with E-state index in [9.17, 15) is 4.79 Å². The lowest BCUT2D eigenvalue weighted by atomic mass is 9.98. The Morgan fingerprint density at radius 2 is 2.00 bits per heavy atom. The third kappa shape index (κ3) is 2.79. The Morgan fingerprint density at radius 3 is 2.84 bits per heavy atom. The normalized spacial score (nSPS) is 18.2. The van der Waals surface area contributed by atoms with E-state index >= 15 is 0 Å². The fraction of sp³-hybridized carbons (Fsp3) is 0.444. The van der Waals surface area contributed by atoms with Gasteiger partial charge in [-0.15, -0.1) is 0 Å². The minimum Gasteiger partial charge on any atom is -0.329 e. The summed E-state index contributed by atoms with van der Waals surface area (Å²) in [5.41, 5.74) is 2.38. The van der Waals surface area contributed by atoms with Gasteiger partial charge in [0, 0.05) is 31.0 Å². The van der Waals surface area contributed by atoms with Crippen molar-refractivity contribution >= 4 is 11.6 Å². The number of hydrogen-bond donors (Lipinski definition) is 0. The van der Waals surface area contributed by atoms with Crippen LogP contribution in [0.2, 0.25) is 0 Å². The summed E-state index contributed by atoms with van der Waals surface area (Å²) in [7, 11) is 0. The summed E-state index contributed by atoms with van der Waals surface area (Å²) in [6.45, 7) is 4.82. The molecule has 4 rings (SSSR count). The number of aromatic nitrogens is 5. The molecule has 25 heavy (non-hydrogen) atoms. The topological polar surface area (TPSA) is 68.3 Å². The molecule has 7 nitrogen and oxygen atoms in total. The van der Waals surface area contributed by atoms with Crippen molar-refractivity contribution in [1.29, 1.82) is 0 Å². The van der Waals surface area contributed by atoms with Crippen molar-refractivity contribution in [3.63, 3.8) is 0 Å². The Labute approximate surface area is 146 Å². The Hall–Kier alpha value is -2.70. The molecule has 1 aliphatic heterocycles. The summed E-state index contributed by atoms with van der Waals surface area (Å²) >= 11 is 0. The SMILES string of the molecule is CC(C)n1nccc1C(=O)N1CCCC[C@H]1c1ccn2nccc2n1. The zero-order chi connectivity index (χ0) is 17.4. The molecule has 0 spiro atoms. The molecule has 0 radical (unpaired) electrons. The van der Waals surface area contributed by atoms with E-state index in [0.717, 1.165) is 37.1 Å². The summed E-state index contributed by atoms with van der Waals surface area (Å²) in [5, 5.41) is 8.50. The van der Waals surface area contributed by atoms with Gasteiger partial charge in [0.1, 0.15) is 5.69 Å². The van der Waals surface area contributed by atoms with Crippen molar-refractivity contribution in [2.45, 2.75) is 45.2 Å². The number of piperidine rings is 1. The number of rotatable bonds is 3. The lowest BCUT2D eigenvalue weighted by Gasteiger charge is -2.35. The minimum absolute atomic E-state index is 0.00309. The summed E-state index contributed by atoms with van der Waals surface area (Å²) in [6, 6.07) is 5.80. The van der Waals surface area contributed by atoms with E-state index in [0.29, 0.717) is 5.69 Å². The van der Waals surface area contributed by atoms with Gasteiger partial charge in [-0.25, -0.2) is 9.50 Å². The maximum Gasteiger partial charge on any atom is 0.272 e. The first kappa shape index (κ1) is 15.8. The molecule has 3 aromatic heterocycles. The Bertz CT molecular complexity index is 896. The van der Waals surface area contributed by atoms with Gasteiger partial charge < -0.3 is 4.90 Å². The quantitative estimate of drug-likeness (QED) is 0.736. The first-order valence-corrected chi connectivity index (χ1v) is 8.80. The van der Waals surface area contributed by atoms with E-state index in [-0.39, 0.29) is 18.0 Å². The molecule has 1 fully saturated rings. The van der Waals surface area contributed by atoms with Gasteiger partial charge in [-0.05, 0) is 45.2 Å². The molecule has 130 valence electrons. The number of carbonyl (C=O) groups is 1. The molecule has 0 unspecified atom stereocenters. The lowest BCUT2D eigenvalue weighted by molar-refractivity contribution is 0.0591. The van der Waals surface area contributed by atoms with Crippen molar-refractivity contribution in [2.24, 2.45) is 0 Å². The van der Waals surface area contributed by atoms with Crippen molar-refractivity contribution in [3.05, 3.63) is 48.2 Å². The van der Waals surface area contributed by atoms with Crippen LogP contribution in [0.3, 0.4) is 0 Å². The average Bonchev–Trinajstić information content (AvgIpc) is 3.29. The number of fused-ring (bicyclic) bond motifs is 1. The monoisotopic (exact) mass is 338 g/mol. The van der Waals surface area contributed by atoms with Crippen LogP contribution in [0.5, 0.6) is 0 Å². The minimum atomic E-state index is -0.00309. The van der Waals surface area contributed by atoms with E-state index in [1.807, 2.05) is 43.1 Å². The van der Waals surface area contributed by atoms with Gasteiger partial charge in [0.05, 0.1) is 17.9 Å². The maximum atomic E-state index is 13.2. The molecule has 0 bridgehead atoms. The van der Waals surface area contributed by atoms with Crippen LogP contribution in [0.15, 0.2) is 36.8 Å². The molecule has 7 heteroatoms. The predicted molar refractivity (Wildman–Crippen MR) is 93.2 cm³/mol. The number of carbonyl (C=O) groups excluding carboxylic acids is 1. The number of hydrogen-bond acceptors (Lipinski definition) is 4. The van der Waals surface area contributed by atoms with Gasteiger partial charge in [0.2, 0.25) is 0 Å². The van der Waals surface area contributed by atoms with Crippen LogP contribution in [0, 0.1) is 0 Å². The van der Waals surface area contributed by atoms with E-state index in [2.05, 4.69) is 10.2 Å².